The molecule has 0 atom stereocenters. The minimum atomic E-state index is -0.254. The van der Waals surface area contributed by atoms with Crippen LogP contribution < -0.4 is 0 Å². The number of fused-ring (bicyclic) bond motifs is 13. The molecule has 6 aliphatic carbocycles. The Labute approximate surface area is 377 Å². The summed E-state index contributed by atoms with van der Waals surface area (Å²) >= 11 is 3.60. The molecule has 6 aliphatic rings. The third kappa shape index (κ3) is 4.93. The maximum absolute atomic E-state index is 14.4. The van der Waals surface area contributed by atoms with E-state index in [0.29, 0.717) is 27.8 Å². The van der Waals surface area contributed by atoms with Crippen LogP contribution in [-0.4, -0.2) is 23.1 Å². The first-order chi connectivity index (χ1) is 31.3. The number of benzene rings is 6. The van der Waals surface area contributed by atoms with E-state index in [9.17, 15) is 19.2 Å². The first-order valence-corrected chi connectivity index (χ1v) is 24.5. The molecule has 2 fully saturated rings. The zero-order valence-corrected chi connectivity index (χ0v) is 36.7. The Bertz CT molecular complexity index is 3540. The van der Waals surface area contributed by atoms with Gasteiger partial charge in [-0.2, -0.15) is 0 Å². The van der Waals surface area contributed by atoms with Crippen LogP contribution in [0, 0.1) is 5.41 Å². The van der Waals surface area contributed by atoms with Gasteiger partial charge in [-0.1, -0.05) is 93.1 Å². The molecule has 2 saturated carbocycles. The van der Waals surface area contributed by atoms with Gasteiger partial charge in [0.25, 0.3) is 0 Å². The molecule has 0 N–H and O–H groups in total. The Morgan fingerprint density at radius 1 is 0.453 bits per heavy atom. The van der Waals surface area contributed by atoms with Crippen molar-refractivity contribution in [2.45, 2.75) is 69.6 Å². The van der Waals surface area contributed by atoms with E-state index in [4.69, 9.17) is 0 Å². The second kappa shape index (κ2) is 13.1. The Morgan fingerprint density at radius 3 is 1.36 bits per heavy atom. The molecule has 2 spiro atoms. The van der Waals surface area contributed by atoms with Gasteiger partial charge in [0.15, 0.2) is 23.1 Å². The summed E-state index contributed by atoms with van der Waals surface area (Å²) in [7, 11) is 0. The predicted molar refractivity (Wildman–Crippen MR) is 261 cm³/mol. The number of carbonyl (C=O) groups is 4. The topological polar surface area (TPSA) is 68.3 Å². The van der Waals surface area contributed by atoms with E-state index in [1.807, 2.05) is 72.0 Å². The third-order valence-electron chi connectivity index (χ3n) is 15.8. The quantitative estimate of drug-likeness (QED) is 0.0986. The Morgan fingerprint density at radius 2 is 0.891 bits per heavy atom. The number of hydrogen-bond acceptors (Lipinski definition) is 6. The second-order valence-electron chi connectivity index (χ2n) is 19.1. The summed E-state index contributed by atoms with van der Waals surface area (Å²) < 4.78 is 2.49. The Kier molecular flexibility index (Phi) is 7.60. The van der Waals surface area contributed by atoms with Crippen molar-refractivity contribution < 1.29 is 19.2 Å². The molecule has 0 amide bonds. The average molecular weight is 865 g/mol. The minimum absolute atomic E-state index is 0.146. The smallest absolute Gasteiger partial charge is 0.197 e. The lowest BCUT2D eigenvalue weighted by Gasteiger charge is -2.38. The number of hydrogen-bond donors (Lipinski definition) is 0. The molecule has 14 rings (SSSR count). The van der Waals surface area contributed by atoms with Crippen molar-refractivity contribution in [3.05, 3.63) is 175 Å². The number of carbonyl (C=O) groups excluding carboxylic acids is 4. The van der Waals surface area contributed by atoms with Crippen molar-refractivity contribution in [2.75, 3.05) is 0 Å². The van der Waals surface area contributed by atoms with Crippen molar-refractivity contribution in [1.82, 2.24) is 0 Å². The van der Waals surface area contributed by atoms with Crippen LogP contribution in [0.5, 0.6) is 0 Å². The van der Waals surface area contributed by atoms with Crippen LogP contribution in [0.15, 0.2) is 138 Å². The van der Waals surface area contributed by atoms with Gasteiger partial charge in [0, 0.05) is 47.5 Å². The highest BCUT2D eigenvalue weighted by atomic mass is 32.1. The standard InChI is InChI=1S/C58H40O4S2/c59-51-41-23-35-19-31-11-3-4-12-32(31)20-36(35)24-42(41)52(60)45(51)27-39-28-47-49(57(39)15-7-1-8-16-57)56-50(58(47)17-9-2-10-18-58)55-48(64-56)30-40(63-55)29-46-53(61)43-25-37-21-33-13-5-6-14-34(33)22-38(37)26-44(43)54(46)62/h3-6,11-14,19-30H,1-2,7-10,15-18H2. The fraction of sp³-hybridized carbons (Fsp3) is 0.207. The third-order valence-corrected chi connectivity index (χ3v) is 18.2. The van der Waals surface area contributed by atoms with Crippen LogP contribution in [-0.2, 0) is 5.41 Å². The van der Waals surface area contributed by atoms with E-state index in [1.165, 1.54) is 43.8 Å². The van der Waals surface area contributed by atoms with E-state index < -0.39 is 0 Å². The normalized spacial score (nSPS) is 19.6. The molecule has 6 aromatic carbocycles. The largest absolute Gasteiger partial charge is 0.288 e. The van der Waals surface area contributed by atoms with Gasteiger partial charge in [-0.3, -0.25) is 19.2 Å². The fourth-order valence-corrected chi connectivity index (χ4v) is 15.8. The number of rotatable bonds is 2. The first kappa shape index (κ1) is 37.1. The van der Waals surface area contributed by atoms with Gasteiger partial charge in [0.1, 0.15) is 0 Å². The van der Waals surface area contributed by atoms with Crippen molar-refractivity contribution in [3.8, 4) is 0 Å². The van der Waals surface area contributed by atoms with Gasteiger partial charge in [-0.15, -0.1) is 22.7 Å². The minimum Gasteiger partial charge on any atom is -0.288 e. The van der Waals surface area contributed by atoms with Crippen LogP contribution >= 0.6 is 22.7 Å². The van der Waals surface area contributed by atoms with Crippen LogP contribution in [0.3, 0.4) is 0 Å². The monoisotopic (exact) mass is 864 g/mol. The molecule has 4 nitrogen and oxygen atoms in total. The summed E-state index contributed by atoms with van der Waals surface area (Å²) in [6, 6.07) is 34.7. The zero-order valence-electron chi connectivity index (χ0n) is 35.1. The maximum atomic E-state index is 14.4. The van der Waals surface area contributed by atoms with E-state index >= 15 is 0 Å². The number of Topliss-reactive ketones (excluding diaryl/α,β-unsaturated/α-hetero) is 4. The molecule has 2 heterocycles. The summed E-state index contributed by atoms with van der Waals surface area (Å²) in [6.07, 6.45) is 17.3. The maximum Gasteiger partial charge on any atom is 0.197 e. The van der Waals surface area contributed by atoms with Crippen molar-refractivity contribution in [3.63, 3.8) is 0 Å². The molecule has 2 aromatic heterocycles. The summed E-state index contributed by atoms with van der Waals surface area (Å²) in [4.78, 5) is 59.1. The lowest BCUT2D eigenvalue weighted by molar-refractivity contribution is 0.0974. The average Bonchev–Trinajstić information content (AvgIpc) is 4.11. The predicted octanol–water partition coefficient (Wildman–Crippen LogP) is 14.9. The summed E-state index contributed by atoms with van der Waals surface area (Å²) in [5.41, 5.74) is 7.61. The van der Waals surface area contributed by atoms with Crippen LogP contribution in [0.2, 0.25) is 0 Å². The Balaban J connectivity index is 0.860. The summed E-state index contributed by atoms with van der Waals surface area (Å²) in [5.74, 6) is -0.720. The highest BCUT2D eigenvalue weighted by Crippen LogP contribution is 2.70. The van der Waals surface area contributed by atoms with E-state index in [1.54, 1.807) is 11.3 Å². The molecule has 308 valence electrons. The molecule has 0 bridgehead atoms. The molecular weight excluding hydrogens is 825 g/mol. The van der Waals surface area contributed by atoms with Gasteiger partial charge in [-0.05, 0) is 158 Å². The zero-order chi connectivity index (χ0) is 42.6. The van der Waals surface area contributed by atoms with E-state index in [0.717, 1.165) is 105 Å². The molecular formula is C58H40O4S2. The summed E-state index contributed by atoms with van der Waals surface area (Å²) in [5, 5.41) is 8.32. The highest BCUT2D eigenvalue weighted by molar-refractivity contribution is 7.29. The van der Waals surface area contributed by atoms with E-state index in [-0.39, 0.29) is 39.5 Å². The van der Waals surface area contributed by atoms with Crippen molar-refractivity contribution >= 4 is 110 Å². The van der Waals surface area contributed by atoms with Gasteiger partial charge >= 0.3 is 0 Å². The van der Waals surface area contributed by atoms with Crippen LogP contribution in [0.4, 0.5) is 0 Å². The molecule has 0 saturated heterocycles. The van der Waals surface area contributed by atoms with Gasteiger partial charge in [-0.25, -0.2) is 0 Å². The Hall–Kier alpha value is -6.34. The lowest BCUT2D eigenvalue weighted by atomic mass is 9.66. The first-order valence-electron chi connectivity index (χ1n) is 22.9. The molecule has 6 heteroatoms. The van der Waals surface area contributed by atoms with Crippen LogP contribution in [0.25, 0.3) is 64.1 Å². The number of thiophene rings is 2. The molecule has 0 aliphatic heterocycles. The molecule has 0 unspecified atom stereocenters. The van der Waals surface area contributed by atoms with Crippen molar-refractivity contribution in [2.24, 2.45) is 5.41 Å². The van der Waals surface area contributed by atoms with E-state index in [2.05, 4.69) is 60.7 Å². The SMILES string of the molecule is O=C1C(=CC2=CC3=C(c4sc5cc(C=C6C(=O)c7cc8cc9ccccc9cc8cc7C6=O)sc5c4C34CCCCC4)C23CCCCC3)C(=O)c2cc3cc4ccccc4cc3cc21. The number of allylic oxidation sites excluding steroid dienone is 7. The van der Waals surface area contributed by atoms with Crippen molar-refractivity contribution in [1.29, 1.82) is 0 Å². The lowest BCUT2D eigenvalue weighted by Crippen LogP contribution is -2.28. The van der Waals surface area contributed by atoms with Gasteiger partial charge < -0.3 is 0 Å². The number of ketones is 4. The fourth-order valence-electron chi connectivity index (χ4n) is 12.8. The summed E-state index contributed by atoms with van der Waals surface area (Å²) in [6.45, 7) is 0. The molecule has 0 radical (unpaired) electrons. The van der Waals surface area contributed by atoms with Crippen LogP contribution in [0.1, 0.15) is 121 Å². The van der Waals surface area contributed by atoms with Gasteiger partial charge in [0.2, 0.25) is 0 Å². The highest BCUT2D eigenvalue weighted by Gasteiger charge is 2.56. The molecule has 64 heavy (non-hydrogen) atoms. The second-order valence-corrected chi connectivity index (χ2v) is 21.3. The van der Waals surface area contributed by atoms with Gasteiger partial charge in [0.05, 0.1) is 15.8 Å². The molecule has 8 aromatic rings.